The van der Waals surface area contributed by atoms with Gasteiger partial charge < -0.3 is 20.1 Å². The van der Waals surface area contributed by atoms with Crippen LogP contribution in [0.5, 0.6) is 0 Å². The largest absolute Gasteiger partial charge is 0.473 e. The Labute approximate surface area is 131 Å². The molecule has 3 N–H and O–H groups in total. The van der Waals surface area contributed by atoms with Gasteiger partial charge in [-0.05, 0) is 13.0 Å². The van der Waals surface area contributed by atoms with Crippen LogP contribution >= 0.6 is 0 Å². The molecule has 1 aromatic carbocycles. The fraction of sp³-hybridized carbons (Fsp3) is 0.200. The number of hydrogen-bond donors (Lipinski definition) is 3. The molecule has 120 valence electrons. The lowest BCUT2D eigenvalue weighted by atomic mass is 10.1. The Morgan fingerprint density at radius 2 is 1.83 bits per heavy atom. The fourth-order valence-corrected chi connectivity index (χ4v) is 1.86. The number of carbonyl (C=O) groups is 2. The molecule has 2 aromatic rings. The summed E-state index contributed by atoms with van der Waals surface area (Å²) in [7, 11) is 0. The summed E-state index contributed by atoms with van der Waals surface area (Å²) >= 11 is 0. The first-order valence-electron chi connectivity index (χ1n) is 6.83. The second-order valence-electron chi connectivity index (χ2n) is 4.59. The maximum Gasteiger partial charge on any atom is 0.414 e. The van der Waals surface area contributed by atoms with E-state index in [1.807, 2.05) is 30.3 Å². The minimum absolute atomic E-state index is 0.621. The van der Waals surface area contributed by atoms with E-state index in [-0.39, 0.29) is 0 Å². The summed E-state index contributed by atoms with van der Waals surface area (Å²) in [5.74, 6) is -2.38. The molecule has 0 aliphatic carbocycles. The molecule has 0 fully saturated rings. The van der Waals surface area contributed by atoms with E-state index >= 15 is 0 Å². The van der Waals surface area contributed by atoms with Crippen molar-refractivity contribution in [1.29, 1.82) is 0 Å². The summed E-state index contributed by atoms with van der Waals surface area (Å²) in [6.45, 7) is 1.82. The lowest BCUT2D eigenvalue weighted by Crippen LogP contribution is -2.21. The molecule has 0 bridgehead atoms. The molecule has 0 amide bonds. The van der Waals surface area contributed by atoms with Crippen molar-refractivity contribution in [2.75, 3.05) is 13.1 Å². The zero-order valence-electron chi connectivity index (χ0n) is 12.1. The van der Waals surface area contributed by atoms with Crippen molar-refractivity contribution in [3.63, 3.8) is 0 Å². The van der Waals surface area contributed by atoms with Crippen LogP contribution in [-0.4, -0.2) is 45.4 Å². The second-order valence-corrected chi connectivity index (χ2v) is 4.59. The topological polar surface area (TPSA) is 126 Å². The molecule has 0 saturated carbocycles. The van der Waals surface area contributed by atoms with Gasteiger partial charge in [-0.2, -0.15) is 4.98 Å². The fourth-order valence-electron chi connectivity index (χ4n) is 1.86. The van der Waals surface area contributed by atoms with Crippen molar-refractivity contribution >= 4 is 17.5 Å². The van der Waals surface area contributed by atoms with Gasteiger partial charge >= 0.3 is 11.9 Å². The third-order valence-corrected chi connectivity index (χ3v) is 2.94. The zero-order chi connectivity index (χ0) is 16.7. The summed E-state index contributed by atoms with van der Waals surface area (Å²) in [6, 6.07) is 9.85. The summed E-state index contributed by atoms with van der Waals surface area (Å²) in [5.41, 5.74) is 2.07. The summed E-state index contributed by atoms with van der Waals surface area (Å²) < 4.78 is 5.29. The standard InChI is InChI=1S/C13H13N3O.C2H2O4/c1-2-5-10(6-3-1)12-15-13(17-16-12)11-7-4-8-14-9-11;3-1(4)2(5)6/h1-3,5-7,14H,4,8-9H2;(H,3,4)(H,5,6). The minimum Gasteiger partial charge on any atom is -0.473 e. The van der Waals surface area contributed by atoms with Gasteiger partial charge in [0.15, 0.2) is 0 Å². The van der Waals surface area contributed by atoms with Crippen molar-refractivity contribution < 1.29 is 24.3 Å². The molecular weight excluding hydrogens is 302 g/mol. The molecule has 8 nitrogen and oxygen atoms in total. The van der Waals surface area contributed by atoms with E-state index < -0.39 is 11.9 Å². The van der Waals surface area contributed by atoms with E-state index in [4.69, 9.17) is 24.3 Å². The number of aliphatic carboxylic acids is 2. The molecule has 3 rings (SSSR count). The van der Waals surface area contributed by atoms with Crippen LogP contribution in [0, 0.1) is 0 Å². The predicted molar refractivity (Wildman–Crippen MR) is 80.5 cm³/mol. The number of nitrogens with one attached hydrogen (secondary N) is 1. The molecule has 1 aromatic heterocycles. The predicted octanol–water partition coefficient (Wildman–Crippen LogP) is 1.27. The number of nitrogens with zero attached hydrogens (tertiary/aromatic N) is 2. The van der Waals surface area contributed by atoms with E-state index in [2.05, 4.69) is 21.5 Å². The van der Waals surface area contributed by atoms with E-state index in [0.29, 0.717) is 11.7 Å². The number of rotatable bonds is 2. The van der Waals surface area contributed by atoms with Gasteiger partial charge in [0.2, 0.25) is 5.82 Å². The SMILES string of the molecule is C1=C(c2nc(-c3ccccc3)no2)CNCC1.O=C(O)C(=O)O. The quantitative estimate of drug-likeness (QED) is 0.707. The first kappa shape index (κ1) is 16.4. The van der Waals surface area contributed by atoms with Crippen molar-refractivity contribution in [1.82, 2.24) is 15.5 Å². The van der Waals surface area contributed by atoms with E-state index in [1.54, 1.807) is 0 Å². The molecule has 0 atom stereocenters. The number of carboxylic acid groups (broad SMARTS) is 2. The summed E-state index contributed by atoms with van der Waals surface area (Å²) in [4.78, 5) is 22.6. The Morgan fingerprint density at radius 1 is 1.13 bits per heavy atom. The lowest BCUT2D eigenvalue weighted by molar-refractivity contribution is -0.159. The maximum absolute atomic E-state index is 9.10. The molecule has 1 aliphatic rings. The van der Waals surface area contributed by atoms with Gasteiger partial charge in [-0.25, -0.2) is 9.59 Å². The molecule has 0 saturated heterocycles. The average Bonchev–Trinajstić information content (AvgIpc) is 3.07. The zero-order valence-corrected chi connectivity index (χ0v) is 12.1. The highest BCUT2D eigenvalue weighted by atomic mass is 16.5. The van der Waals surface area contributed by atoms with Crippen LogP contribution in [0.15, 0.2) is 40.9 Å². The van der Waals surface area contributed by atoms with Crippen LogP contribution in [0.4, 0.5) is 0 Å². The van der Waals surface area contributed by atoms with Gasteiger partial charge in [0.1, 0.15) is 0 Å². The average molecular weight is 317 g/mol. The smallest absolute Gasteiger partial charge is 0.414 e. The highest BCUT2D eigenvalue weighted by Gasteiger charge is 2.14. The van der Waals surface area contributed by atoms with E-state index in [9.17, 15) is 0 Å². The lowest BCUT2D eigenvalue weighted by Gasteiger charge is -2.09. The summed E-state index contributed by atoms with van der Waals surface area (Å²) in [6.07, 6.45) is 3.16. The third kappa shape index (κ3) is 4.75. The maximum atomic E-state index is 9.10. The normalized spacial score (nSPS) is 13.5. The highest BCUT2D eigenvalue weighted by Crippen LogP contribution is 2.19. The molecule has 0 spiro atoms. The van der Waals surface area contributed by atoms with E-state index in [1.165, 1.54) is 0 Å². The number of carboxylic acids is 2. The molecule has 0 unspecified atom stereocenters. The number of aromatic nitrogens is 2. The first-order valence-corrected chi connectivity index (χ1v) is 6.83. The van der Waals surface area contributed by atoms with Gasteiger partial charge in [-0.1, -0.05) is 41.6 Å². The van der Waals surface area contributed by atoms with Crippen molar-refractivity contribution in [3.05, 3.63) is 42.3 Å². The first-order chi connectivity index (χ1) is 11.1. The van der Waals surface area contributed by atoms with Crippen LogP contribution < -0.4 is 5.32 Å². The summed E-state index contributed by atoms with van der Waals surface area (Å²) in [5, 5.41) is 22.1. The number of benzene rings is 1. The van der Waals surface area contributed by atoms with Crippen LogP contribution in [0.3, 0.4) is 0 Å². The number of hydrogen-bond acceptors (Lipinski definition) is 6. The molecular formula is C15H15N3O5. The van der Waals surface area contributed by atoms with Crippen LogP contribution in [0.1, 0.15) is 12.3 Å². The van der Waals surface area contributed by atoms with Crippen LogP contribution in [0.2, 0.25) is 0 Å². The third-order valence-electron chi connectivity index (χ3n) is 2.94. The van der Waals surface area contributed by atoms with Crippen molar-refractivity contribution in [2.45, 2.75) is 6.42 Å². The van der Waals surface area contributed by atoms with Crippen molar-refractivity contribution in [3.8, 4) is 11.4 Å². The van der Waals surface area contributed by atoms with E-state index in [0.717, 1.165) is 30.6 Å². The van der Waals surface area contributed by atoms with Gasteiger partial charge in [0.05, 0.1) is 0 Å². The molecule has 2 heterocycles. The minimum atomic E-state index is -1.82. The monoisotopic (exact) mass is 317 g/mol. The Bertz CT molecular complexity index is 697. The van der Waals surface area contributed by atoms with Crippen LogP contribution in [-0.2, 0) is 9.59 Å². The Kier molecular flexibility index (Phi) is 5.59. The Balaban J connectivity index is 0.000000277. The van der Waals surface area contributed by atoms with Gasteiger partial charge in [-0.15, -0.1) is 0 Å². The Hall–Kier alpha value is -3.00. The van der Waals surface area contributed by atoms with Gasteiger partial charge in [-0.3, -0.25) is 0 Å². The molecule has 8 heteroatoms. The van der Waals surface area contributed by atoms with Gasteiger partial charge in [0.25, 0.3) is 5.89 Å². The van der Waals surface area contributed by atoms with Gasteiger partial charge in [0, 0.05) is 17.7 Å². The van der Waals surface area contributed by atoms with Crippen LogP contribution in [0.25, 0.3) is 17.0 Å². The molecule has 1 aliphatic heterocycles. The highest BCUT2D eigenvalue weighted by molar-refractivity contribution is 6.27. The molecule has 0 radical (unpaired) electrons. The Morgan fingerprint density at radius 3 is 2.39 bits per heavy atom. The molecule has 23 heavy (non-hydrogen) atoms. The second kappa shape index (κ2) is 7.85. The van der Waals surface area contributed by atoms with Crippen molar-refractivity contribution in [2.24, 2.45) is 0 Å².